The number of rotatable bonds is 1. The molecule has 1 aliphatic rings. The Bertz CT molecular complexity index is 86.4. The zero-order chi connectivity index (χ0) is 6.20. The van der Waals surface area contributed by atoms with Crippen LogP contribution in [0.4, 0.5) is 0 Å². The molecule has 48 valence electrons. The Balaban J connectivity index is 2.42. The van der Waals surface area contributed by atoms with Crippen molar-refractivity contribution in [1.29, 1.82) is 0 Å². The van der Waals surface area contributed by atoms with Crippen LogP contribution in [-0.4, -0.2) is 11.2 Å². The highest BCUT2D eigenvalue weighted by atomic mass is 16.3. The average Bonchev–Trinajstić information content (AvgIpc) is 1.83. The van der Waals surface area contributed by atoms with Crippen LogP contribution in [0.2, 0.25) is 0 Å². The van der Waals surface area contributed by atoms with Crippen LogP contribution in [0.5, 0.6) is 0 Å². The summed E-state index contributed by atoms with van der Waals surface area (Å²) in [5.41, 5.74) is 0.278. The first-order chi connectivity index (χ1) is 3.69. The van der Waals surface area contributed by atoms with Gasteiger partial charge >= 0.3 is 0 Å². The molecular formula is C7H14O. The predicted molar refractivity (Wildman–Crippen MR) is 33.6 cm³/mol. The van der Waals surface area contributed by atoms with Crippen LogP contribution in [0.15, 0.2) is 0 Å². The van der Waals surface area contributed by atoms with Gasteiger partial charge in [0.25, 0.3) is 0 Å². The van der Waals surface area contributed by atoms with Crippen LogP contribution in [0.1, 0.15) is 33.1 Å². The predicted octanol–water partition coefficient (Wildman–Crippen LogP) is 1.56. The van der Waals surface area contributed by atoms with E-state index in [1.807, 2.05) is 0 Å². The van der Waals surface area contributed by atoms with Crippen LogP contribution in [0.3, 0.4) is 0 Å². The van der Waals surface area contributed by atoms with Crippen molar-refractivity contribution >= 4 is 0 Å². The smallest absolute Gasteiger partial charge is 0.0593 e. The van der Waals surface area contributed by atoms with Crippen molar-refractivity contribution in [3.8, 4) is 0 Å². The van der Waals surface area contributed by atoms with Gasteiger partial charge in [0.1, 0.15) is 0 Å². The monoisotopic (exact) mass is 114 g/mol. The Morgan fingerprint density at radius 3 is 2.38 bits per heavy atom. The molecule has 0 radical (unpaired) electrons. The lowest BCUT2D eigenvalue weighted by Gasteiger charge is -2.43. The van der Waals surface area contributed by atoms with Crippen LogP contribution >= 0.6 is 0 Å². The minimum absolute atomic E-state index is 0.00694. The number of aliphatic hydroxyl groups is 1. The van der Waals surface area contributed by atoms with Crippen molar-refractivity contribution in [2.45, 2.75) is 39.2 Å². The second kappa shape index (κ2) is 1.73. The maximum absolute atomic E-state index is 9.17. The molecule has 0 aromatic carbocycles. The Morgan fingerprint density at radius 1 is 1.75 bits per heavy atom. The molecule has 8 heavy (non-hydrogen) atoms. The van der Waals surface area contributed by atoms with Crippen molar-refractivity contribution in [1.82, 2.24) is 0 Å². The molecule has 0 aromatic rings. The van der Waals surface area contributed by atoms with Crippen LogP contribution < -0.4 is 0 Å². The molecule has 0 aromatic heterocycles. The third-order valence-electron chi connectivity index (χ3n) is 2.60. The molecule has 0 bridgehead atoms. The third kappa shape index (κ3) is 0.655. The molecule has 0 saturated heterocycles. The summed E-state index contributed by atoms with van der Waals surface area (Å²) >= 11 is 0. The van der Waals surface area contributed by atoms with Crippen molar-refractivity contribution in [3.63, 3.8) is 0 Å². The zero-order valence-corrected chi connectivity index (χ0v) is 5.65. The van der Waals surface area contributed by atoms with E-state index in [0.29, 0.717) is 0 Å². The van der Waals surface area contributed by atoms with Gasteiger partial charge in [0.2, 0.25) is 0 Å². The summed E-state index contributed by atoms with van der Waals surface area (Å²) in [6.45, 7) is 4.30. The second-order valence-corrected chi connectivity index (χ2v) is 3.06. The summed E-state index contributed by atoms with van der Waals surface area (Å²) in [7, 11) is 0. The summed E-state index contributed by atoms with van der Waals surface area (Å²) in [5, 5.41) is 9.17. The average molecular weight is 114 g/mol. The molecule has 1 fully saturated rings. The van der Waals surface area contributed by atoms with Gasteiger partial charge in [-0.25, -0.2) is 0 Å². The first-order valence-corrected chi connectivity index (χ1v) is 3.37. The Kier molecular flexibility index (Phi) is 1.31. The van der Waals surface area contributed by atoms with E-state index < -0.39 is 0 Å². The second-order valence-electron chi connectivity index (χ2n) is 3.06. The first kappa shape index (κ1) is 6.09. The lowest BCUT2D eigenvalue weighted by atomic mass is 9.66. The number of hydrogen-bond donors (Lipinski definition) is 1. The topological polar surface area (TPSA) is 20.2 Å². The third-order valence-corrected chi connectivity index (χ3v) is 2.60. The highest BCUT2D eigenvalue weighted by molar-refractivity contribution is 4.90. The van der Waals surface area contributed by atoms with Crippen molar-refractivity contribution < 1.29 is 5.11 Å². The lowest BCUT2D eigenvalue weighted by molar-refractivity contribution is -0.0538. The summed E-state index contributed by atoms with van der Waals surface area (Å²) < 4.78 is 0. The molecule has 1 heteroatoms. The molecule has 0 spiro atoms. The van der Waals surface area contributed by atoms with Gasteiger partial charge in [0.15, 0.2) is 0 Å². The number of hydrogen-bond acceptors (Lipinski definition) is 1. The maximum atomic E-state index is 9.17. The summed E-state index contributed by atoms with van der Waals surface area (Å²) in [4.78, 5) is 0. The molecule has 1 N–H and O–H groups in total. The van der Waals surface area contributed by atoms with E-state index in [0.717, 1.165) is 12.8 Å². The minimum atomic E-state index is -0.00694. The van der Waals surface area contributed by atoms with E-state index in [4.69, 9.17) is 5.11 Å². The fourth-order valence-electron chi connectivity index (χ4n) is 1.18. The molecule has 0 aliphatic heterocycles. The minimum Gasteiger partial charge on any atom is -0.393 e. The molecule has 0 amide bonds. The normalized spacial score (nSPS) is 46.1. The largest absolute Gasteiger partial charge is 0.393 e. The van der Waals surface area contributed by atoms with Crippen molar-refractivity contribution in [2.24, 2.45) is 5.41 Å². The van der Waals surface area contributed by atoms with E-state index in [-0.39, 0.29) is 11.5 Å². The van der Waals surface area contributed by atoms with E-state index in [9.17, 15) is 0 Å². The van der Waals surface area contributed by atoms with E-state index >= 15 is 0 Å². The highest BCUT2D eigenvalue weighted by Crippen LogP contribution is 2.43. The fraction of sp³-hybridized carbons (Fsp3) is 1.00. The molecule has 0 heterocycles. The van der Waals surface area contributed by atoms with Gasteiger partial charge in [-0.15, -0.1) is 0 Å². The van der Waals surface area contributed by atoms with Gasteiger partial charge in [-0.3, -0.25) is 0 Å². The van der Waals surface area contributed by atoms with Crippen LogP contribution in [-0.2, 0) is 0 Å². The van der Waals surface area contributed by atoms with Gasteiger partial charge in [0, 0.05) is 0 Å². The van der Waals surface area contributed by atoms with Crippen molar-refractivity contribution in [2.75, 3.05) is 0 Å². The SMILES string of the molecule is CCC1(C)CCC1O. The summed E-state index contributed by atoms with van der Waals surface area (Å²) in [5.74, 6) is 0. The van der Waals surface area contributed by atoms with Gasteiger partial charge in [-0.05, 0) is 24.7 Å². The zero-order valence-electron chi connectivity index (χ0n) is 5.65. The number of aliphatic hydroxyl groups excluding tert-OH is 1. The molecule has 1 nitrogen and oxygen atoms in total. The van der Waals surface area contributed by atoms with Crippen LogP contribution in [0.25, 0.3) is 0 Å². The van der Waals surface area contributed by atoms with Gasteiger partial charge in [-0.2, -0.15) is 0 Å². The molecular weight excluding hydrogens is 100 g/mol. The summed E-state index contributed by atoms with van der Waals surface area (Å²) in [6, 6.07) is 0. The Hall–Kier alpha value is -0.0400. The lowest BCUT2D eigenvalue weighted by Crippen LogP contribution is -2.41. The fourth-order valence-corrected chi connectivity index (χ4v) is 1.18. The van der Waals surface area contributed by atoms with E-state index in [1.54, 1.807) is 0 Å². The quantitative estimate of drug-likeness (QED) is 0.548. The van der Waals surface area contributed by atoms with Gasteiger partial charge in [0.05, 0.1) is 6.10 Å². The van der Waals surface area contributed by atoms with Crippen LogP contribution in [0, 0.1) is 5.41 Å². The first-order valence-electron chi connectivity index (χ1n) is 3.37. The molecule has 1 rings (SSSR count). The van der Waals surface area contributed by atoms with Gasteiger partial charge < -0.3 is 5.11 Å². The Morgan fingerprint density at radius 2 is 2.38 bits per heavy atom. The molecule has 1 saturated carbocycles. The van der Waals surface area contributed by atoms with E-state index in [2.05, 4.69) is 13.8 Å². The molecule has 1 aliphatic carbocycles. The molecule has 2 unspecified atom stereocenters. The highest BCUT2D eigenvalue weighted by Gasteiger charge is 2.39. The Labute approximate surface area is 50.7 Å². The maximum Gasteiger partial charge on any atom is 0.0593 e. The molecule has 2 atom stereocenters. The van der Waals surface area contributed by atoms with Gasteiger partial charge in [-0.1, -0.05) is 13.8 Å². The van der Waals surface area contributed by atoms with E-state index in [1.165, 1.54) is 6.42 Å². The summed E-state index contributed by atoms with van der Waals surface area (Å²) in [6.07, 6.45) is 3.34. The standard InChI is InChI=1S/C7H14O/c1-3-7(2)5-4-6(7)8/h6,8H,3-5H2,1-2H3. The van der Waals surface area contributed by atoms with Crippen molar-refractivity contribution in [3.05, 3.63) is 0 Å².